The van der Waals surface area contributed by atoms with Crippen molar-refractivity contribution in [2.45, 2.75) is 40.3 Å². The number of nitrogens with one attached hydrogen (secondary N) is 1. The first kappa shape index (κ1) is 15.3. The maximum atomic E-state index is 12.3. The Bertz CT molecular complexity index is 629. The maximum Gasteiger partial charge on any atom is 0.293 e. The van der Waals surface area contributed by atoms with Crippen LogP contribution in [0.1, 0.15) is 31.9 Å². The van der Waals surface area contributed by atoms with Crippen LogP contribution in [0.5, 0.6) is 0 Å². The van der Waals surface area contributed by atoms with Crippen LogP contribution in [-0.4, -0.2) is 9.55 Å². The van der Waals surface area contributed by atoms with Gasteiger partial charge in [-0.15, -0.1) is 0 Å². The van der Waals surface area contributed by atoms with Crippen LogP contribution >= 0.6 is 0 Å². The Hall–Kier alpha value is -2.10. The minimum atomic E-state index is -0.0589. The number of hydrogen-bond donors (Lipinski definition) is 1. The number of rotatable bonds is 6. The van der Waals surface area contributed by atoms with Gasteiger partial charge in [0.2, 0.25) is 0 Å². The van der Waals surface area contributed by atoms with Crippen molar-refractivity contribution in [1.29, 1.82) is 0 Å². The van der Waals surface area contributed by atoms with E-state index in [1.807, 2.05) is 0 Å². The second-order valence-corrected chi connectivity index (χ2v) is 5.65. The average molecular weight is 285 g/mol. The molecular weight excluding hydrogens is 262 g/mol. The zero-order valence-electron chi connectivity index (χ0n) is 13.0. The summed E-state index contributed by atoms with van der Waals surface area (Å²) in [6, 6.07) is 8.40. The van der Waals surface area contributed by atoms with Crippen LogP contribution in [0.25, 0.3) is 0 Å². The van der Waals surface area contributed by atoms with E-state index in [0.29, 0.717) is 24.8 Å². The maximum absolute atomic E-state index is 12.3. The standard InChI is InChI=1S/C17H23N3O/c1-4-14-5-7-15(8-6-14)11-19-16-17(21)20(10-9-18-16)12-13(2)3/h5-10,13H,4,11-12H2,1-3H3,(H,18,19). The van der Waals surface area contributed by atoms with Gasteiger partial charge in [-0.05, 0) is 23.5 Å². The van der Waals surface area contributed by atoms with Gasteiger partial charge in [-0.25, -0.2) is 4.98 Å². The molecule has 0 fully saturated rings. The summed E-state index contributed by atoms with van der Waals surface area (Å²) in [5.74, 6) is 0.845. The van der Waals surface area contributed by atoms with E-state index in [1.54, 1.807) is 17.0 Å². The third-order valence-corrected chi connectivity index (χ3v) is 3.37. The summed E-state index contributed by atoms with van der Waals surface area (Å²) in [4.78, 5) is 16.4. The fourth-order valence-corrected chi connectivity index (χ4v) is 2.18. The second-order valence-electron chi connectivity index (χ2n) is 5.65. The highest BCUT2D eigenvalue weighted by molar-refractivity contribution is 5.33. The van der Waals surface area contributed by atoms with Crippen molar-refractivity contribution in [3.63, 3.8) is 0 Å². The Morgan fingerprint density at radius 3 is 2.48 bits per heavy atom. The van der Waals surface area contributed by atoms with Crippen molar-refractivity contribution < 1.29 is 0 Å². The smallest absolute Gasteiger partial charge is 0.293 e. The van der Waals surface area contributed by atoms with Crippen LogP contribution < -0.4 is 10.9 Å². The Labute approximate surface area is 125 Å². The fourth-order valence-electron chi connectivity index (χ4n) is 2.18. The normalized spacial score (nSPS) is 10.9. The van der Waals surface area contributed by atoms with E-state index >= 15 is 0 Å². The lowest BCUT2D eigenvalue weighted by molar-refractivity contribution is 0.509. The van der Waals surface area contributed by atoms with Crippen LogP contribution in [0.2, 0.25) is 0 Å². The van der Waals surface area contributed by atoms with Gasteiger partial charge in [0.1, 0.15) is 0 Å². The van der Waals surface area contributed by atoms with Crippen molar-refractivity contribution in [2.75, 3.05) is 5.32 Å². The summed E-state index contributed by atoms with van der Waals surface area (Å²) < 4.78 is 1.71. The van der Waals surface area contributed by atoms with Crippen LogP contribution in [0.4, 0.5) is 5.82 Å². The molecule has 0 amide bonds. The molecule has 21 heavy (non-hydrogen) atoms. The summed E-state index contributed by atoms with van der Waals surface area (Å²) in [6.07, 6.45) is 4.45. The summed E-state index contributed by atoms with van der Waals surface area (Å²) >= 11 is 0. The molecule has 4 heteroatoms. The van der Waals surface area contributed by atoms with E-state index in [4.69, 9.17) is 0 Å². The molecule has 2 aromatic rings. The van der Waals surface area contributed by atoms with Crippen molar-refractivity contribution >= 4 is 5.82 Å². The Balaban J connectivity index is 2.07. The van der Waals surface area contributed by atoms with Crippen LogP contribution in [-0.2, 0) is 19.5 Å². The average Bonchev–Trinajstić information content (AvgIpc) is 2.48. The summed E-state index contributed by atoms with van der Waals surface area (Å²) in [7, 11) is 0. The molecule has 0 spiro atoms. The first-order chi connectivity index (χ1) is 10.1. The topological polar surface area (TPSA) is 46.9 Å². The second kappa shape index (κ2) is 7.07. The van der Waals surface area contributed by atoms with Gasteiger partial charge in [0.05, 0.1) is 0 Å². The minimum Gasteiger partial charge on any atom is -0.361 e. The molecule has 0 aliphatic rings. The molecule has 0 aliphatic heterocycles. The van der Waals surface area contributed by atoms with E-state index < -0.39 is 0 Å². The van der Waals surface area contributed by atoms with Crippen molar-refractivity contribution in [3.8, 4) is 0 Å². The SMILES string of the molecule is CCc1ccc(CNc2nccn(CC(C)C)c2=O)cc1. The fraction of sp³-hybridized carbons (Fsp3) is 0.412. The zero-order chi connectivity index (χ0) is 15.2. The highest BCUT2D eigenvalue weighted by atomic mass is 16.1. The van der Waals surface area contributed by atoms with Crippen LogP contribution in [0.3, 0.4) is 0 Å². The lowest BCUT2D eigenvalue weighted by Gasteiger charge is -2.11. The molecule has 0 radical (unpaired) electrons. The number of anilines is 1. The molecule has 1 aromatic carbocycles. The van der Waals surface area contributed by atoms with Gasteiger partial charge in [0.25, 0.3) is 5.56 Å². The zero-order valence-corrected chi connectivity index (χ0v) is 13.0. The number of benzene rings is 1. The van der Waals surface area contributed by atoms with E-state index in [0.717, 1.165) is 12.0 Å². The van der Waals surface area contributed by atoms with E-state index in [2.05, 4.69) is 55.3 Å². The Morgan fingerprint density at radius 2 is 1.86 bits per heavy atom. The van der Waals surface area contributed by atoms with Gasteiger partial charge < -0.3 is 9.88 Å². The molecule has 2 rings (SSSR count). The van der Waals surface area contributed by atoms with Crippen LogP contribution in [0, 0.1) is 5.92 Å². The van der Waals surface area contributed by atoms with Gasteiger partial charge >= 0.3 is 0 Å². The van der Waals surface area contributed by atoms with Gasteiger partial charge in [-0.2, -0.15) is 0 Å². The molecule has 112 valence electrons. The number of nitrogens with zero attached hydrogens (tertiary/aromatic N) is 2. The number of aryl methyl sites for hydroxylation is 1. The molecule has 0 atom stereocenters. The molecule has 0 bridgehead atoms. The summed E-state index contributed by atoms with van der Waals surface area (Å²) in [5, 5.41) is 3.14. The highest BCUT2D eigenvalue weighted by Gasteiger charge is 2.05. The van der Waals surface area contributed by atoms with Gasteiger partial charge in [-0.3, -0.25) is 4.79 Å². The van der Waals surface area contributed by atoms with Crippen molar-refractivity contribution in [2.24, 2.45) is 5.92 Å². The third kappa shape index (κ3) is 4.18. The predicted molar refractivity (Wildman–Crippen MR) is 86.5 cm³/mol. The molecule has 4 nitrogen and oxygen atoms in total. The predicted octanol–water partition coefficient (Wildman–Crippen LogP) is 3.07. The minimum absolute atomic E-state index is 0.0589. The van der Waals surface area contributed by atoms with Crippen molar-refractivity contribution in [1.82, 2.24) is 9.55 Å². The van der Waals surface area contributed by atoms with Crippen LogP contribution in [0.15, 0.2) is 41.5 Å². The molecule has 1 N–H and O–H groups in total. The van der Waals surface area contributed by atoms with E-state index in [1.165, 1.54) is 5.56 Å². The molecule has 1 heterocycles. The molecule has 1 aromatic heterocycles. The first-order valence-corrected chi connectivity index (χ1v) is 7.47. The first-order valence-electron chi connectivity index (χ1n) is 7.47. The summed E-state index contributed by atoms with van der Waals surface area (Å²) in [5.41, 5.74) is 2.40. The summed E-state index contributed by atoms with van der Waals surface area (Å²) in [6.45, 7) is 7.64. The molecular formula is C17H23N3O. The molecule has 0 unspecified atom stereocenters. The quantitative estimate of drug-likeness (QED) is 0.887. The Kier molecular flexibility index (Phi) is 5.14. The lowest BCUT2D eigenvalue weighted by atomic mass is 10.1. The number of aromatic nitrogens is 2. The molecule has 0 aliphatic carbocycles. The molecule has 0 saturated carbocycles. The number of hydrogen-bond acceptors (Lipinski definition) is 3. The van der Waals surface area contributed by atoms with Gasteiger partial charge in [-0.1, -0.05) is 45.0 Å². The van der Waals surface area contributed by atoms with Gasteiger partial charge in [0.15, 0.2) is 5.82 Å². The third-order valence-electron chi connectivity index (χ3n) is 3.37. The van der Waals surface area contributed by atoms with E-state index in [9.17, 15) is 4.79 Å². The van der Waals surface area contributed by atoms with Gasteiger partial charge in [0, 0.05) is 25.5 Å². The van der Waals surface area contributed by atoms with E-state index in [-0.39, 0.29) is 5.56 Å². The van der Waals surface area contributed by atoms with Crippen molar-refractivity contribution in [3.05, 3.63) is 58.1 Å². The highest BCUT2D eigenvalue weighted by Crippen LogP contribution is 2.07. The Morgan fingerprint density at radius 1 is 1.19 bits per heavy atom. The monoisotopic (exact) mass is 285 g/mol. The largest absolute Gasteiger partial charge is 0.361 e. The lowest BCUT2D eigenvalue weighted by Crippen LogP contribution is -2.25. The molecule has 0 saturated heterocycles.